The number of rotatable bonds is 3. The largest absolute Gasteiger partial charge is 0.481 e. The minimum absolute atomic E-state index is 0.121. The van der Waals surface area contributed by atoms with Gasteiger partial charge in [-0.05, 0) is 25.8 Å². The Morgan fingerprint density at radius 3 is 2.70 bits per heavy atom. The third-order valence-electron chi connectivity index (χ3n) is 3.79. The van der Waals surface area contributed by atoms with Crippen LogP contribution in [0.4, 0.5) is 0 Å². The van der Waals surface area contributed by atoms with Crippen LogP contribution in [0.2, 0.25) is 0 Å². The number of carbonyl (C=O) groups excluding carboxylic acids is 1. The lowest BCUT2D eigenvalue weighted by Gasteiger charge is -2.30. The summed E-state index contributed by atoms with van der Waals surface area (Å²) in [5.41, 5.74) is 0.555. The predicted molar refractivity (Wildman–Crippen MR) is 73.8 cm³/mol. The molecular weight excluding hydrogens is 258 g/mol. The number of carboxylic acids is 1. The van der Waals surface area contributed by atoms with Crippen LogP contribution < -0.4 is 0 Å². The van der Waals surface area contributed by atoms with Crippen molar-refractivity contribution in [3.05, 3.63) is 23.2 Å². The molecule has 1 aromatic rings. The fourth-order valence-corrected chi connectivity index (χ4v) is 2.54. The molecule has 5 nitrogen and oxygen atoms in total. The first-order chi connectivity index (χ1) is 9.40. The first-order valence-electron chi connectivity index (χ1n) is 7.02. The fraction of sp³-hybridized carbons (Fsp3) is 0.600. The Hall–Kier alpha value is -1.78. The first-order valence-corrected chi connectivity index (χ1v) is 7.02. The highest BCUT2D eigenvalue weighted by atomic mass is 16.4. The third-order valence-corrected chi connectivity index (χ3v) is 3.79. The van der Waals surface area contributed by atoms with E-state index in [0.717, 1.165) is 12.2 Å². The van der Waals surface area contributed by atoms with E-state index in [1.165, 1.54) is 0 Å². The van der Waals surface area contributed by atoms with Gasteiger partial charge < -0.3 is 14.4 Å². The Bertz CT molecular complexity index is 518. The second-order valence-electron chi connectivity index (χ2n) is 5.70. The molecule has 5 heteroatoms. The van der Waals surface area contributed by atoms with Crippen molar-refractivity contribution < 1.29 is 19.1 Å². The first kappa shape index (κ1) is 14.6. The average molecular weight is 279 g/mol. The normalized spacial score (nSPS) is 19.4. The highest BCUT2D eigenvalue weighted by Crippen LogP contribution is 2.25. The smallest absolute Gasteiger partial charge is 0.308 e. The maximum atomic E-state index is 12.5. The van der Waals surface area contributed by atoms with E-state index in [9.17, 15) is 9.59 Å². The summed E-state index contributed by atoms with van der Waals surface area (Å²) >= 11 is 0. The maximum Gasteiger partial charge on any atom is 0.308 e. The van der Waals surface area contributed by atoms with Crippen LogP contribution in [0, 0.1) is 12.8 Å². The highest BCUT2D eigenvalue weighted by molar-refractivity contribution is 5.95. The van der Waals surface area contributed by atoms with Crippen LogP contribution in [-0.2, 0) is 4.79 Å². The summed E-state index contributed by atoms with van der Waals surface area (Å²) in [6, 6.07) is 1.78. The number of hydrogen-bond acceptors (Lipinski definition) is 3. The summed E-state index contributed by atoms with van der Waals surface area (Å²) in [7, 11) is 0. The summed E-state index contributed by atoms with van der Waals surface area (Å²) in [5, 5.41) is 9.08. The molecule has 1 atom stereocenters. The number of carboxylic acid groups (broad SMARTS) is 1. The lowest BCUT2D eigenvalue weighted by atomic mass is 9.97. The van der Waals surface area contributed by atoms with Crippen LogP contribution in [0.25, 0.3) is 0 Å². The van der Waals surface area contributed by atoms with Crippen LogP contribution in [0.1, 0.15) is 54.5 Å². The fourth-order valence-electron chi connectivity index (χ4n) is 2.54. The SMILES string of the molecule is Cc1oc(C(C)C)cc1C(=O)N1CCCC(C(=O)O)C1. The number of carbonyl (C=O) groups is 2. The van der Waals surface area contributed by atoms with E-state index in [2.05, 4.69) is 0 Å². The van der Waals surface area contributed by atoms with Gasteiger partial charge in [0.05, 0.1) is 11.5 Å². The van der Waals surface area contributed by atoms with E-state index < -0.39 is 11.9 Å². The molecule has 1 aliphatic heterocycles. The molecule has 0 spiro atoms. The molecule has 0 aliphatic carbocycles. The lowest BCUT2D eigenvalue weighted by Crippen LogP contribution is -2.42. The Kier molecular flexibility index (Phi) is 4.16. The average Bonchev–Trinajstić information content (AvgIpc) is 2.80. The van der Waals surface area contributed by atoms with Crippen molar-refractivity contribution in [1.29, 1.82) is 0 Å². The number of amides is 1. The van der Waals surface area contributed by atoms with E-state index in [1.54, 1.807) is 17.9 Å². The van der Waals surface area contributed by atoms with Gasteiger partial charge in [-0.3, -0.25) is 9.59 Å². The highest BCUT2D eigenvalue weighted by Gasteiger charge is 2.30. The standard InChI is InChI=1S/C15H21NO4/c1-9(2)13-7-12(10(3)20-13)14(17)16-6-4-5-11(8-16)15(18)19/h7,9,11H,4-6,8H2,1-3H3,(H,18,19). The van der Waals surface area contributed by atoms with Gasteiger partial charge in [0, 0.05) is 19.0 Å². The molecule has 2 heterocycles. The number of piperidine rings is 1. The van der Waals surface area contributed by atoms with Gasteiger partial charge >= 0.3 is 5.97 Å². The van der Waals surface area contributed by atoms with Crippen molar-refractivity contribution in [3.63, 3.8) is 0 Å². The Balaban J connectivity index is 2.16. The molecule has 20 heavy (non-hydrogen) atoms. The molecule has 0 radical (unpaired) electrons. The van der Waals surface area contributed by atoms with Crippen molar-refractivity contribution in [3.8, 4) is 0 Å². The van der Waals surface area contributed by atoms with Crippen molar-refractivity contribution >= 4 is 11.9 Å². The van der Waals surface area contributed by atoms with Gasteiger partial charge in [-0.15, -0.1) is 0 Å². The molecule has 0 aromatic carbocycles. The van der Waals surface area contributed by atoms with Crippen molar-refractivity contribution in [2.45, 2.75) is 39.5 Å². The Morgan fingerprint density at radius 2 is 2.15 bits per heavy atom. The van der Waals surface area contributed by atoms with Gasteiger partial charge in [0.2, 0.25) is 0 Å². The van der Waals surface area contributed by atoms with Gasteiger partial charge in [0.25, 0.3) is 5.91 Å². The van der Waals surface area contributed by atoms with Crippen molar-refractivity contribution in [2.75, 3.05) is 13.1 Å². The number of hydrogen-bond donors (Lipinski definition) is 1. The Labute approximate surface area is 118 Å². The molecule has 1 saturated heterocycles. The van der Waals surface area contributed by atoms with Gasteiger partial charge in [-0.1, -0.05) is 13.8 Å². The minimum Gasteiger partial charge on any atom is -0.481 e. The molecule has 1 fully saturated rings. The van der Waals surface area contributed by atoms with Crippen LogP contribution in [0.3, 0.4) is 0 Å². The number of aryl methyl sites for hydroxylation is 1. The number of nitrogens with zero attached hydrogens (tertiary/aromatic N) is 1. The summed E-state index contributed by atoms with van der Waals surface area (Å²) < 4.78 is 5.60. The molecule has 0 saturated carbocycles. The van der Waals surface area contributed by atoms with Crippen LogP contribution >= 0.6 is 0 Å². The minimum atomic E-state index is -0.825. The summed E-state index contributed by atoms with van der Waals surface area (Å²) in [6.07, 6.45) is 1.37. The van der Waals surface area contributed by atoms with Gasteiger partial charge in [0.1, 0.15) is 11.5 Å². The molecule has 1 N–H and O–H groups in total. The molecule has 1 aromatic heterocycles. The second-order valence-corrected chi connectivity index (χ2v) is 5.70. The topological polar surface area (TPSA) is 70.8 Å². The lowest BCUT2D eigenvalue weighted by molar-refractivity contribution is -0.143. The number of likely N-dealkylation sites (tertiary alicyclic amines) is 1. The quantitative estimate of drug-likeness (QED) is 0.923. The van der Waals surface area contributed by atoms with Crippen molar-refractivity contribution in [1.82, 2.24) is 4.90 Å². The zero-order chi connectivity index (χ0) is 14.9. The summed E-state index contributed by atoms with van der Waals surface area (Å²) in [6.45, 7) is 6.69. The zero-order valence-electron chi connectivity index (χ0n) is 12.2. The van der Waals surface area contributed by atoms with Gasteiger partial charge in [-0.2, -0.15) is 0 Å². The zero-order valence-corrected chi connectivity index (χ0v) is 12.2. The monoisotopic (exact) mass is 279 g/mol. The van der Waals surface area contributed by atoms with E-state index in [4.69, 9.17) is 9.52 Å². The van der Waals surface area contributed by atoms with Gasteiger partial charge in [-0.25, -0.2) is 0 Å². The van der Waals surface area contributed by atoms with E-state index in [0.29, 0.717) is 24.3 Å². The maximum absolute atomic E-state index is 12.5. The molecular formula is C15H21NO4. The predicted octanol–water partition coefficient (Wildman–Crippen LogP) is 2.65. The molecule has 0 bridgehead atoms. The third kappa shape index (κ3) is 2.86. The van der Waals surface area contributed by atoms with Crippen LogP contribution in [0.5, 0.6) is 0 Å². The van der Waals surface area contributed by atoms with E-state index in [-0.39, 0.29) is 18.4 Å². The van der Waals surface area contributed by atoms with Gasteiger partial charge in [0.15, 0.2) is 0 Å². The molecule has 1 aliphatic rings. The molecule has 110 valence electrons. The molecule has 1 amide bonds. The van der Waals surface area contributed by atoms with Crippen LogP contribution in [0.15, 0.2) is 10.5 Å². The molecule has 1 unspecified atom stereocenters. The molecule has 2 rings (SSSR count). The summed E-state index contributed by atoms with van der Waals surface area (Å²) in [4.78, 5) is 25.2. The number of aliphatic carboxylic acids is 1. The van der Waals surface area contributed by atoms with Crippen LogP contribution in [-0.4, -0.2) is 35.0 Å². The van der Waals surface area contributed by atoms with Crippen molar-refractivity contribution in [2.24, 2.45) is 5.92 Å². The van der Waals surface area contributed by atoms with E-state index >= 15 is 0 Å². The van der Waals surface area contributed by atoms with E-state index in [1.807, 2.05) is 13.8 Å². The Morgan fingerprint density at radius 1 is 1.45 bits per heavy atom. The number of furan rings is 1. The summed E-state index contributed by atoms with van der Waals surface area (Å²) in [5.74, 6) is 0.222. The second kappa shape index (κ2) is 5.69.